The van der Waals surface area contributed by atoms with Crippen LogP contribution in [-0.4, -0.2) is 9.78 Å². The molecule has 0 saturated heterocycles. The summed E-state index contributed by atoms with van der Waals surface area (Å²) in [5.74, 6) is 0.297. The summed E-state index contributed by atoms with van der Waals surface area (Å²) in [6, 6.07) is 10.0. The van der Waals surface area contributed by atoms with Crippen LogP contribution in [0.25, 0.3) is 11.3 Å². The fourth-order valence-corrected chi connectivity index (χ4v) is 3.13. The van der Waals surface area contributed by atoms with Gasteiger partial charge in [0.25, 0.3) is 5.56 Å². The van der Waals surface area contributed by atoms with Crippen molar-refractivity contribution < 1.29 is 0 Å². The summed E-state index contributed by atoms with van der Waals surface area (Å²) < 4.78 is 1.43. The zero-order valence-electron chi connectivity index (χ0n) is 13.7. The van der Waals surface area contributed by atoms with Crippen LogP contribution in [0.5, 0.6) is 0 Å². The molecule has 0 bridgehead atoms. The van der Waals surface area contributed by atoms with Crippen LogP contribution in [-0.2, 0) is 19.4 Å². The van der Waals surface area contributed by atoms with Crippen molar-refractivity contribution in [1.82, 2.24) is 9.78 Å². The number of benzene rings is 1. The van der Waals surface area contributed by atoms with Gasteiger partial charge in [0.2, 0.25) is 0 Å². The van der Waals surface area contributed by atoms with Gasteiger partial charge in [0, 0.05) is 12.1 Å². The Morgan fingerprint density at radius 3 is 2.65 bits per heavy atom. The van der Waals surface area contributed by atoms with Crippen molar-refractivity contribution >= 4 is 0 Å². The van der Waals surface area contributed by atoms with E-state index in [9.17, 15) is 10.1 Å². The predicted molar refractivity (Wildman–Crippen MR) is 90.1 cm³/mol. The topological polar surface area (TPSA) is 58.7 Å². The molecule has 0 spiro atoms. The Labute approximate surface area is 136 Å². The number of nitrogens with zero attached hydrogens (tertiary/aromatic N) is 3. The molecule has 118 valence electrons. The third-order valence-electron chi connectivity index (χ3n) is 4.28. The van der Waals surface area contributed by atoms with Crippen molar-refractivity contribution in [2.24, 2.45) is 5.92 Å². The number of nitriles is 1. The van der Waals surface area contributed by atoms with Gasteiger partial charge in [-0.3, -0.25) is 4.79 Å². The number of aromatic nitrogens is 2. The van der Waals surface area contributed by atoms with E-state index >= 15 is 0 Å². The highest BCUT2D eigenvalue weighted by atomic mass is 16.1. The maximum Gasteiger partial charge on any atom is 0.284 e. The molecule has 1 aromatic carbocycles. The molecule has 0 aliphatic heterocycles. The van der Waals surface area contributed by atoms with Gasteiger partial charge in [-0.2, -0.15) is 10.4 Å². The van der Waals surface area contributed by atoms with Gasteiger partial charge in [-0.15, -0.1) is 0 Å². The first-order valence-corrected chi connectivity index (χ1v) is 8.23. The number of aryl methyl sites for hydroxylation is 2. The molecule has 0 N–H and O–H groups in total. The Morgan fingerprint density at radius 1 is 1.22 bits per heavy atom. The zero-order chi connectivity index (χ0) is 16.4. The van der Waals surface area contributed by atoms with Crippen LogP contribution in [0.3, 0.4) is 0 Å². The second-order valence-electron chi connectivity index (χ2n) is 6.63. The smallest absolute Gasteiger partial charge is 0.266 e. The first-order chi connectivity index (χ1) is 11.1. The van der Waals surface area contributed by atoms with E-state index in [0.29, 0.717) is 18.2 Å². The molecule has 1 aliphatic carbocycles. The molecular formula is C19H21N3O. The summed E-state index contributed by atoms with van der Waals surface area (Å²) in [5, 5.41) is 13.7. The summed E-state index contributed by atoms with van der Waals surface area (Å²) in [4.78, 5) is 12.2. The second-order valence-corrected chi connectivity index (χ2v) is 6.63. The lowest BCUT2D eigenvalue weighted by atomic mass is 9.90. The Hall–Kier alpha value is -2.41. The van der Waals surface area contributed by atoms with E-state index < -0.39 is 0 Å². The van der Waals surface area contributed by atoms with E-state index in [1.807, 2.05) is 19.9 Å². The van der Waals surface area contributed by atoms with Gasteiger partial charge in [0.05, 0.1) is 5.69 Å². The number of fused-ring (bicyclic) bond motifs is 1. The standard InChI is InChI=1S/C19H21N3O/c1-13(2)12-22-19(23)17(11-20)10-18(21-22)16-8-7-14-5-3-4-6-15(14)9-16/h7-10,13H,3-6,12H2,1-2H3. The highest BCUT2D eigenvalue weighted by molar-refractivity contribution is 5.62. The summed E-state index contributed by atoms with van der Waals surface area (Å²) in [6.45, 7) is 4.59. The first kappa shape index (κ1) is 15.5. The molecule has 2 aromatic rings. The van der Waals surface area contributed by atoms with Gasteiger partial charge in [0.15, 0.2) is 0 Å². The second kappa shape index (κ2) is 6.37. The highest BCUT2D eigenvalue weighted by Crippen LogP contribution is 2.26. The van der Waals surface area contributed by atoms with Crippen LogP contribution in [0.4, 0.5) is 0 Å². The summed E-state index contributed by atoms with van der Waals surface area (Å²) in [6.07, 6.45) is 4.71. The molecule has 0 saturated carbocycles. The van der Waals surface area contributed by atoms with Gasteiger partial charge in [-0.1, -0.05) is 26.0 Å². The van der Waals surface area contributed by atoms with Crippen molar-refractivity contribution in [2.75, 3.05) is 0 Å². The van der Waals surface area contributed by atoms with E-state index in [1.165, 1.54) is 28.7 Å². The van der Waals surface area contributed by atoms with Crippen molar-refractivity contribution in [3.63, 3.8) is 0 Å². The van der Waals surface area contributed by atoms with E-state index in [-0.39, 0.29) is 11.1 Å². The van der Waals surface area contributed by atoms with Crippen molar-refractivity contribution in [1.29, 1.82) is 5.26 Å². The van der Waals surface area contributed by atoms with Crippen LogP contribution in [0.15, 0.2) is 29.1 Å². The molecule has 1 aromatic heterocycles. The molecule has 0 fully saturated rings. The van der Waals surface area contributed by atoms with Crippen LogP contribution >= 0.6 is 0 Å². The molecule has 3 rings (SSSR count). The molecular weight excluding hydrogens is 286 g/mol. The molecule has 1 heterocycles. The van der Waals surface area contributed by atoms with E-state index in [0.717, 1.165) is 18.4 Å². The van der Waals surface area contributed by atoms with Gasteiger partial charge < -0.3 is 0 Å². The third-order valence-corrected chi connectivity index (χ3v) is 4.28. The summed E-state index contributed by atoms with van der Waals surface area (Å²) in [5.41, 5.74) is 4.33. The molecule has 0 unspecified atom stereocenters. The Kier molecular flexibility index (Phi) is 4.29. The Morgan fingerprint density at radius 2 is 1.96 bits per heavy atom. The zero-order valence-corrected chi connectivity index (χ0v) is 13.7. The average molecular weight is 307 g/mol. The van der Waals surface area contributed by atoms with E-state index in [2.05, 4.69) is 23.3 Å². The van der Waals surface area contributed by atoms with E-state index in [4.69, 9.17) is 0 Å². The lowest BCUT2D eigenvalue weighted by molar-refractivity contribution is 0.464. The number of hydrogen-bond acceptors (Lipinski definition) is 3. The van der Waals surface area contributed by atoms with Crippen LogP contribution in [0.2, 0.25) is 0 Å². The average Bonchev–Trinajstić information content (AvgIpc) is 2.56. The SMILES string of the molecule is CC(C)Cn1nc(-c2ccc3c(c2)CCCC3)cc(C#N)c1=O. The molecule has 0 amide bonds. The van der Waals surface area contributed by atoms with Gasteiger partial charge in [0.1, 0.15) is 11.6 Å². The maximum absolute atomic E-state index is 12.2. The van der Waals surface area contributed by atoms with Gasteiger partial charge in [-0.05, 0) is 54.9 Å². The number of rotatable bonds is 3. The minimum absolute atomic E-state index is 0.161. The molecule has 4 heteroatoms. The molecule has 0 atom stereocenters. The Bertz CT molecular complexity index is 827. The van der Waals surface area contributed by atoms with Crippen molar-refractivity contribution in [3.05, 3.63) is 51.3 Å². The summed E-state index contributed by atoms with van der Waals surface area (Å²) >= 11 is 0. The van der Waals surface area contributed by atoms with Crippen LogP contribution in [0, 0.1) is 17.2 Å². The predicted octanol–water partition coefficient (Wildman–Crippen LogP) is 3.32. The van der Waals surface area contributed by atoms with Crippen LogP contribution in [0.1, 0.15) is 43.4 Å². The third kappa shape index (κ3) is 3.19. The Balaban J connectivity index is 2.09. The fourth-order valence-electron chi connectivity index (χ4n) is 3.13. The molecule has 1 aliphatic rings. The van der Waals surface area contributed by atoms with Crippen molar-refractivity contribution in [3.8, 4) is 17.3 Å². The normalized spacial score (nSPS) is 13.7. The lowest BCUT2D eigenvalue weighted by Gasteiger charge is -2.17. The van der Waals surface area contributed by atoms with Gasteiger partial charge >= 0.3 is 0 Å². The maximum atomic E-state index is 12.2. The van der Waals surface area contributed by atoms with Crippen LogP contribution < -0.4 is 5.56 Å². The lowest BCUT2D eigenvalue weighted by Crippen LogP contribution is -2.27. The monoisotopic (exact) mass is 307 g/mol. The van der Waals surface area contributed by atoms with Gasteiger partial charge in [-0.25, -0.2) is 4.68 Å². The molecule has 4 nitrogen and oxygen atoms in total. The summed E-state index contributed by atoms with van der Waals surface area (Å²) in [7, 11) is 0. The van der Waals surface area contributed by atoms with E-state index in [1.54, 1.807) is 6.07 Å². The largest absolute Gasteiger partial charge is 0.284 e. The fraction of sp³-hybridized carbons (Fsp3) is 0.421. The first-order valence-electron chi connectivity index (χ1n) is 8.23. The minimum Gasteiger partial charge on any atom is -0.266 e. The quantitative estimate of drug-likeness (QED) is 0.874. The van der Waals surface area contributed by atoms with Crippen molar-refractivity contribution in [2.45, 2.75) is 46.1 Å². The number of hydrogen-bond donors (Lipinski definition) is 0. The molecule has 0 radical (unpaired) electrons. The highest BCUT2D eigenvalue weighted by Gasteiger charge is 2.14. The molecule has 23 heavy (non-hydrogen) atoms. The minimum atomic E-state index is -0.303.